The Morgan fingerprint density at radius 1 is 1.29 bits per heavy atom. The summed E-state index contributed by atoms with van der Waals surface area (Å²) in [4.78, 5) is 10.6. The molecule has 0 saturated carbocycles. The summed E-state index contributed by atoms with van der Waals surface area (Å²) < 4.78 is 6.83. The van der Waals surface area contributed by atoms with E-state index in [0.717, 1.165) is 12.7 Å². The standard InChI is InChI=1S/C17H10ClI2NO3/c18-13-4-2-1-3-12(13)11(8-21)5-10-6-14(19)17(15(20)7-10)24-9-16(22)23/h1-7H,9H2,(H,22,23). The van der Waals surface area contributed by atoms with Gasteiger partial charge in [0.05, 0.1) is 18.8 Å². The number of benzene rings is 2. The number of nitrogens with zero attached hydrogens (tertiary/aromatic N) is 1. The number of rotatable bonds is 5. The van der Waals surface area contributed by atoms with Gasteiger partial charge in [0.25, 0.3) is 0 Å². The predicted octanol–water partition coefficient (Wildman–Crippen LogP) is 5.08. The molecule has 0 aliphatic heterocycles. The summed E-state index contributed by atoms with van der Waals surface area (Å²) in [7, 11) is 0. The van der Waals surface area contributed by atoms with Crippen LogP contribution in [-0.2, 0) is 4.79 Å². The summed E-state index contributed by atoms with van der Waals surface area (Å²) >= 11 is 10.3. The van der Waals surface area contributed by atoms with Crippen LogP contribution >= 0.6 is 56.8 Å². The third-order valence-corrected chi connectivity index (χ3v) is 4.89. The molecule has 0 fully saturated rings. The van der Waals surface area contributed by atoms with Crippen LogP contribution in [0, 0.1) is 18.5 Å². The van der Waals surface area contributed by atoms with Gasteiger partial charge in [-0.05, 0) is 75.0 Å². The normalized spacial score (nSPS) is 11.0. The number of ether oxygens (including phenoxy) is 1. The highest BCUT2D eigenvalue weighted by Gasteiger charge is 2.11. The fourth-order valence-corrected chi connectivity index (χ4v) is 4.32. The molecule has 0 spiro atoms. The van der Waals surface area contributed by atoms with E-state index in [1.54, 1.807) is 24.3 Å². The molecule has 0 aliphatic carbocycles. The molecular formula is C17H10ClI2NO3. The van der Waals surface area contributed by atoms with Crippen molar-refractivity contribution in [3.63, 3.8) is 0 Å². The van der Waals surface area contributed by atoms with E-state index in [1.807, 2.05) is 18.2 Å². The van der Waals surface area contributed by atoms with Gasteiger partial charge < -0.3 is 9.84 Å². The summed E-state index contributed by atoms with van der Waals surface area (Å²) in [5.74, 6) is -0.511. The molecule has 2 aromatic carbocycles. The minimum absolute atomic E-state index is 0.399. The topological polar surface area (TPSA) is 70.3 Å². The molecule has 0 amide bonds. The van der Waals surface area contributed by atoms with E-state index in [4.69, 9.17) is 21.4 Å². The van der Waals surface area contributed by atoms with Gasteiger partial charge in [0.1, 0.15) is 5.75 Å². The van der Waals surface area contributed by atoms with Crippen LogP contribution < -0.4 is 4.74 Å². The number of carboxylic acids is 1. The number of hydrogen-bond acceptors (Lipinski definition) is 3. The molecule has 0 aliphatic rings. The van der Waals surface area contributed by atoms with Crippen LogP contribution in [0.25, 0.3) is 11.6 Å². The summed E-state index contributed by atoms with van der Waals surface area (Å²) in [6.07, 6.45) is 1.74. The summed E-state index contributed by atoms with van der Waals surface area (Å²) in [6, 6.07) is 13.0. The first-order valence-electron chi connectivity index (χ1n) is 6.62. The lowest BCUT2D eigenvalue weighted by Crippen LogP contribution is -2.11. The van der Waals surface area contributed by atoms with Crippen LogP contribution in [-0.4, -0.2) is 17.7 Å². The van der Waals surface area contributed by atoms with Crippen molar-refractivity contribution in [3.05, 3.63) is 59.7 Å². The van der Waals surface area contributed by atoms with E-state index in [9.17, 15) is 10.1 Å². The average molecular weight is 566 g/mol. The first-order valence-corrected chi connectivity index (χ1v) is 9.16. The van der Waals surface area contributed by atoms with Gasteiger partial charge in [-0.1, -0.05) is 29.8 Å². The van der Waals surface area contributed by atoms with Gasteiger partial charge in [-0.3, -0.25) is 0 Å². The Bertz CT molecular complexity index is 836. The number of halogens is 3. The van der Waals surface area contributed by atoms with Crippen molar-refractivity contribution in [3.8, 4) is 11.8 Å². The average Bonchev–Trinajstić information content (AvgIpc) is 2.52. The summed E-state index contributed by atoms with van der Waals surface area (Å²) in [6.45, 7) is -0.399. The zero-order valence-electron chi connectivity index (χ0n) is 12.1. The van der Waals surface area contributed by atoms with Crippen LogP contribution in [0.4, 0.5) is 0 Å². The number of carboxylic acid groups (broad SMARTS) is 1. The van der Waals surface area contributed by atoms with Gasteiger partial charge in [-0.15, -0.1) is 0 Å². The first-order chi connectivity index (χ1) is 11.4. The second-order valence-electron chi connectivity index (χ2n) is 4.65. The third-order valence-electron chi connectivity index (χ3n) is 2.96. The lowest BCUT2D eigenvalue weighted by atomic mass is 10.0. The third kappa shape index (κ3) is 4.84. The lowest BCUT2D eigenvalue weighted by molar-refractivity contribution is -0.139. The van der Waals surface area contributed by atoms with Crippen molar-refractivity contribution in [2.75, 3.05) is 6.61 Å². The van der Waals surface area contributed by atoms with E-state index in [0.29, 0.717) is 21.9 Å². The summed E-state index contributed by atoms with van der Waals surface area (Å²) in [5.41, 5.74) is 1.92. The van der Waals surface area contributed by atoms with Crippen LogP contribution in [0.15, 0.2) is 36.4 Å². The molecule has 0 radical (unpaired) electrons. The zero-order chi connectivity index (χ0) is 17.7. The van der Waals surface area contributed by atoms with Crippen molar-refractivity contribution in [2.24, 2.45) is 0 Å². The molecule has 0 unspecified atom stereocenters. The van der Waals surface area contributed by atoms with E-state index >= 15 is 0 Å². The summed E-state index contributed by atoms with van der Waals surface area (Å²) in [5, 5.41) is 18.7. The van der Waals surface area contributed by atoms with Crippen molar-refractivity contribution in [1.29, 1.82) is 5.26 Å². The number of allylic oxidation sites excluding steroid dienone is 1. The molecule has 122 valence electrons. The molecule has 2 aromatic rings. The highest BCUT2D eigenvalue weighted by Crippen LogP contribution is 2.31. The van der Waals surface area contributed by atoms with E-state index in [2.05, 4.69) is 51.3 Å². The maximum atomic E-state index is 10.6. The Morgan fingerprint density at radius 2 is 1.92 bits per heavy atom. The second-order valence-corrected chi connectivity index (χ2v) is 7.38. The van der Waals surface area contributed by atoms with Gasteiger partial charge in [-0.25, -0.2) is 4.79 Å². The Kier molecular flexibility index (Phi) is 6.89. The van der Waals surface area contributed by atoms with Gasteiger partial charge in [0, 0.05) is 10.6 Å². The lowest BCUT2D eigenvalue weighted by Gasteiger charge is -2.10. The van der Waals surface area contributed by atoms with E-state index in [-0.39, 0.29) is 0 Å². The Morgan fingerprint density at radius 3 is 2.46 bits per heavy atom. The minimum Gasteiger partial charge on any atom is -0.480 e. The van der Waals surface area contributed by atoms with Crippen molar-refractivity contribution in [2.45, 2.75) is 0 Å². The van der Waals surface area contributed by atoms with Crippen molar-refractivity contribution in [1.82, 2.24) is 0 Å². The number of carbonyl (C=O) groups is 1. The molecule has 7 heteroatoms. The molecular weight excluding hydrogens is 555 g/mol. The van der Waals surface area contributed by atoms with Crippen LogP contribution in [0.1, 0.15) is 11.1 Å². The molecule has 0 saturated heterocycles. The molecule has 0 atom stereocenters. The maximum Gasteiger partial charge on any atom is 0.341 e. The highest BCUT2D eigenvalue weighted by atomic mass is 127. The number of aliphatic carboxylic acids is 1. The SMILES string of the molecule is N#CC(=Cc1cc(I)c(OCC(=O)O)c(I)c1)c1ccccc1Cl. The van der Waals surface area contributed by atoms with Gasteiger partial charge in [0.2, 0.25) is 0 Å². The van der Waals surface area contributed by atoms with E-state index < -0.39 is 12.6 Å². The van der Waals surface area contributed by atoms with Crippen molar-refractivity contribution < 1.29 is 14.6 Å². The largest absolute Gasteiger partial charge is 0.480 e. The minimum atomic E-state index is -1.03. The predicted molar refractivity (Wildman–Crippen MR) is 110 cm³/mol. The van der Waals surface area contributed by atoms with Crippen molar-refractivity contribution >= 4 is 74.4 Å². The zero-order valence-corrected chi connectivity index (χ0v) is 17.2. The second kappa shape index (κ2) is 8.69. The highest BCUT2D eigenvalue weighted by molar-refractivity contribution is 14.1. The molecule has 2 rings (SSSR count). The van der Waals surface area contributed by atoms with Crippen LogP contribution in [0.5, 0.6) is 5.75 Å². The first kappa shape index (κ1) is 19.0. The molecule has 0 aromatic heterocycles. The molecule has 24 heavy (non-hydrogen) atoms. The van der Waals surface area contributed by atoms with E-state index in [1.165, 1.54) is 0 Å². The molecule has 4 nitrogen and oxygen atoms in total. The Labute approximate surface area is 171 Å². The maximum absolute atomic E-state index is 10.6. The van der Waals surface area contributed by atoms with Crippen LogP contribution in [0.3, 0.4) is 0 Å². The Hall–Kier alpha value is -1.31. The number of nitriles is 1. The number of hydrogen-bond donors (Lipinski definition) is 1. The smallest absolute Gasteiger partial charge is 0.341 e. The quantitative estimate of drug-likeness (QED) is 0.312. The molecule has 0 heterocycles. The Balaban J connectivity index is 2.40. The van der Waals surface area contributed by atoms with Gasteiger partial charge in [-0.2, -0.15) is 5.26 Å². The van der Waals surface area contributed by atoms with Gasteiger partial charge in [0.15, 0.2) is 6.61 Å². The fourth-order valence-electron chi connectivity index (χ4n) is 1.95. The van der Waals surface area contributed by atoms with Gasteiger partial charge >= 0.3 is 5.97 Å². The molecule has 1 N–H and O–H groups in total. The van der Waals surface area contributed by atoms with Crippen LogP contribution in [0.2, 0.25) is 5.02 Å². The molecule has 0 bridgehead atoms. The monoisotopic (exact) mass is 565 g/mol. The fraction of sp³-hybridized carbons (Fsp3) is 0.0588.